The summed E-state index contributed by atoms with van der Waals surface area (Å²) in [5, 5.41) is 5.13. The molecule has 0 unspecified atom stereocenters. The first-order valence-electron chi connectivity index (χ1n) is 12.1. The molecule has 0 spiro atoms. The predicted molar refractivity (Wildman–Crippen MR) is 156 cm³/mol. The molecule has 0 aliphatic heterocycles. The first-order valence-corrected chi connectivity index (χ1v) is 12.9. The Balaban J connectivity index is 1.40. The Labute approximate surface area is 233 Å². The van der Waals surface area contributed by atoms with E-state index in [0.29, 0.717) is 22.6 Å². The van der Waals surface area contributed by atoms with Crippen LogP contribution in [0.15, 0.2) is 101 Å². The van der Waals surface area contributed by atoms with Crippen LogP contribution in [0.5, 0.6) is 11.5 Å². The lowest BCUT2D eigenvalue weighted by Crippen LogP contribution is -2.19. The summed E-state index contributed by atoms with van der Waals surface area (Å²) in [4.78, 5) is 29.3. The Morgan fingerprint density at radius 1 is 0.949 bits per heavy atom. The molecule has 194 valence electrons. The molecule has 2 N–H and O–H groups in total. The van der Waals surface area contributed by atoms with Crippen molar-refractivity contribution in [3.8, 4) is 22.6 Å². The van der Waals surface area contributed by atoms with Crippen molar-refractivity contribution in [2.24, 2.45) is 5.10 Å². The van der Waals surface area contributed by atoms with Crippen LogP contribution < -0.4 is 14.9 Å². The molecule has 0 aliphatic carbocycles. The number of benzene rings is 4. The number of hydrogen-bond acceptors (Lipinski definition) is 5. The van der Waals surface area contributed by atoms with Crippen molar-refractivity contribution in [1.29, 1.82) is 0 Å². The highest BCUT2D eigenvalue weighted by atomic mass is 79.9. The van der Waals surface area contributed by atoms with Gasteiger partial charge in [-0.2, -0.15) is 5.10 Å². The number of hydrazone groups is 1. The quantitative estimate of drug-likeness (QED) is 0.0946. The zero-order valence-corrected chi connectivity index (χ0v) is 22.8. The number of H-pyrrole nitrogens is 1. The molecule has 4 aromatic carbocycles. The van der Waals surface area contributed by atoms with Gasteiger partial charge in [0.15, 0.2) is 0 Å². The molecule has 0 saturated heterocycles. The average Bonchev–Trinajstić information content (AvgIpc) is 3.33. The van der Waals surface area contributed by atoms with Gasteiger partial charge < -0.3 is 14.5 Å². The highest BCUT2D eigenvalue weighted by molar-refractivity contribution is 9.10. The minimum absolute atomic E-state index is 0.287. The van der Waals surface area contributed by atoms with Gasteiger partial charge in [-0.1, -0.05) is 64.0 Å². The number of carbonyl (C=O) groups excluding carboxylic acids is 2. The third kappa shape index (κ3) is 5.76. The van der Waals surface area contributed by atoms with Crippen LogP contribution in [0.4, 0.5) is 0 Å². The van der Waals surface area contributed by atoms with Crippen LogP contribution in [0, 0.1) is 6.92 Å². The van der Waals surface area contributed by atoms with E-state index < -0.39 is 11.9 Å². The predicted octanol–water partition coefficient (Wildman–Crippen LogP) is 6.90. The van der Waals surface area contributed by atoms with E-state index >= 15 is 0 Å². The minimum atomic E-state index is -0.546. The van der Waals surface area contributed by atoms with E-state index in [9.17, 15) is 9.59 Å². The standard InChI is InChI=1S/C31H24BrN3O4/c1-19-11-13-26-25(15-19)28(20-7-4-3-5-8-20)29(34-26)30(36)35-33-18-22-16-23(32)12-14-27(22)39-31(37)21-9-6-10-24(17-21)38-2/h3-18,34H,1-2H3,(H,35,36). The van der Waals surface area contributed by atoms with E-state index in [1.165, 1.54) is 13.3 Å². The van der Waals surface area contributed by atoms with Gasteiger partial charge in [0.1, 0.15) is 17.2 Å². The molecule has 1 amide bonds. The Bertz CT molecular complexity index is 1710. The molecule has 8 heteroatoms. The van der Waals surface area contributed by atoms with E-state index in [1.807, 2.05) is 49.4 Å². The number of fused-ring (bicyclic) bond motifs is 1. The van der Waals surface area contributed by atoms with Crippen LogP contribution in [0.25, 0.3) is 22.0 Å². The second-order valence-electron chi connectivity index (χ2n) is 8.79. The molecule has 5 aromatic rings. The molecular formula is C31H24BrN3O4. The molecule has 0 atom stereocenters. The van der Waals surface area contributed by atoms with Gasteiger partial charge in [0, 0.05) is 26.5 Å². The number of halogens is 1. The van der Waals surface area contributed by atoms with Crippen molar-refractivity contribution in [1.82, 2.24) is 10.4 Å². The number of amides is 1. The fourth-order valence-corrected chi connectivity index (χ4v) is 4.60. The molecule has 0 radical (unpaired) electrons. The Kier molecular flexibility index (Phi) is 7.56. The molecular weight excluding hydrogens is 558 g/mol. The number of nitrogens with one attached hydrogen (secondary N) is 2. The van der Waals surface area contributed by atoms with Crippen molar-refractivity contribution in [3.63, 3.8) is 0 Å². The molecule has 7 nitrogen and oxygen atoms in total. The highest BCUT2D eigenvalue weighted by Gasteiger charge is 2.19. The van der Waals surface area contributed by atoms with Gasteiger partial charge in [-0.15, -0.1) is 0 Å². The van der Waals surface area contributed by atoms with Gasteiger partial charge in [0.05, 0.1) is 18.9 Å². The average molecular weight is 582 g/mol. The molecule has 5 rings (SSSR count). The molecule has 0 saturated carbocycles. The van der Waals surface area contributed by atoms with Gasteiger partial charge in [0.25, 0.3) is 5.91 Å². The van der Waals surface area contributed by atoms with Crippen LogP contribution in [-0.2, 0) is 0 Å². The number of aromatic amines is 1. The smallest absolute Gasteiger partial charge is 0.343 e. The number of aromatic nitrogens is 1. The molecule has 1 heterocycles. The maximum absolute atomic E-state index is 13.3. The number of hydrogen-bond donors (Lipinski definition) is 2. The van der Waals surface area contributed by atoms with Gasteiger partial charge in [-0.3, -0.25) is 4.79 Å². The maximum Gasteiger partial charge on any atom is 0.343 e. The van der Waals surface area contributed by atoms with E-state index in [0.717, 1.165) is 32.1 Å². The minimum Gasteiger partial charge on any atom is -0.497 e. The molecule has 0 aliphatic rings. The summed E-state index contributed by atoms with van der Waals surface area (Å²) >= 11 is 3.43. The van der Waals surface area contributed by atoms with Gasteiger partial charge in [0.2, 0.25) is 0 Å². The summed E-state index contributed by atoms with van der Waals surface area (Å²) in [6, 6.07) is 27.6. The highest BCUT2D eigenvalue weighted by Crippen LogP contribution is 2.33. The van der Waals surface area contributed by atoms with Gasteiger partial charge in [-0.05, 0) is 61.0 Å². The number of ether oxygens (including phenoxy) is 2. The summed E-state index contributed by atoms with van der Waals surface area (Å²) in [6.07, 6.45) is 1.44. The lowest BCUT2D eigenvalue weighted by molar-refractivity contribution is 0.0733. The number of nitrogens with zero attached hydrogens (tertiary/aromatic N) is 1. The van der Waals surface area contributed by atoms with Crippen LogP contribution in [0.2, 0.25) is 0 Å². The van der Waals surface area contributed by atoms with E-state index in [2.05, 4.69) is 37.5 Å². The second-order valence-corrected chi connectivity index (χ2v) is 9.71. The van der Waals surface area contributed by atoms with E-state index in [4.69, 9.17) is 9.47 Å². The van der Waals surface area contributed by atoms with E-state index in [1.54, 1.807) is 42.5 Å². The van der Waals surface area contributed by atoms with Crippen molar-refractivity contribution in [2.45, 2.75) is 6.92 Å². The topological polar surface area (TPSA) is 92.8 Å². The lowest BCUT2D eigenvalue weighted by atomic mass is 10.0. The van der Waals surface area contributed by atoms with Gasteiger partial charge >= 0.3 is 5.97 Å². The zero-order valence-electron chi connectivity index (χ0n) is 21.2. The summed E-state index contributed by atoms with van der Waals surface area (Å²) in [7, 11) is 1.53. The summed E-state index contributed by atoms with van der Waals surface area (Å²) in [5.41, 5.74) is 7.52. The van der Waals surface area contributed by atoms with Crippen LogP contribution in [-0.4, -0.2) is 30.2 Å². The number of aryl methyl sites for hydroxylation is 1. The Hall–Kier alpha value is -4.69. The largest absolute Gasteiger partial charge is 0.497 e. The van der Waals surface area contributed by atoms with Crippen molar-refractivity contribution in [2.75, 3.05) is 7.11 Å². The summed E-state index contributed by atoms with van der Waals surface area (Å²) in [6.45, 7) is 2.02. The number of carbonyl (C=O) groups is 2. The SMILES string of the molecule is COc1cccc(C(=O)Oc2ccc(Br)cc2C=NNC(=O)c2[nH]c3ccc(C)cc3c2-c2ccccc2)c1. The third-order valence-corrected chi connectivity index (χ3v) is 6.59. The fraction of sp³-hybridized carbons (Fsp3) is 0.0645. The number of esters is 1. The first kappa shape index (κ1) is 25.9. The lowest BCUT2D eigenvalue weighted by Gasteiger charge is -2.09. The second kappa shape index (κ2) is 11.4. The molecule has 1 aromatic heterocycles. The van der Waals surface area contributed by atoms with Crippen molar-refractivity contribution in [3.05, 3.63) is 118 Å². The Morgan fingerprint density at radius 3 is 2.56 bits per heavy atom. The molecule has 0 fully saturated rings. The maximum atomic E-state index is 13.3. The number of rotatable bonds is 7. The van der Waals surface area contributed by atoms with E-state index in [-0.39, 0.29) is 5.75 Å². The zero-order chi connectivity index (χ0) is 27.4. The van der Waals surface area contributed by atoms with Crippen LogP contribution >= 0.6 is 15.9 Å². The van der Waals surface area contributed by atoms with Crippen molar-refractivity contribution < 1.29 is 19.1 Å². The van der Waals surface area contributed by atoms with Crippen LogP contribution in [0.1, 0.15) is 32.0 Å². The monoisotopic (exact) mass is 581 g/mol. The molecule has 39 heavy (non-hydrogen) atoms. The normalized spacial score (nSPS) is 11.1. The van der Waals surface area contributed by atoms with Gasteiger partial charge in [-0.25, -0.2) is 10.2 Å². The summed E-state index contributed by atoms with van der Waals surface area (Å²) in [5.74, 6) is -0.110. The third-order valence-electron chi connectivity index (χ3n) is 6.09. The number of methoxy groups -OCH3 is 1. The Morgan fingerprint density at radius 2 is 1.77 bits per heavy atom. The molecule has 0 bridgehead atoms. The fourth-order valence-electron chi connectivity index (χ4n) is 4.22. The van der Waals surface area contributed by atoms with Crippen molar-refractivity contribution >= 4 is 44.9 Å². The summed E-state index contributed by atoms with van der Waals surface area (Å²) < 4.78 is 11.6. The first-order chi connectivity index (χ1) is 18.9. The van der Waals surface area contributed by atoms with Crippen LogP contribution in [0.3, 0.4) is 0 Å².